The Hall–Kier alpha value is -2.09. The number of hydrogen-bond acceptors (Lipinski definition) is 4. The molecule has 0 aliphatic rings. The van der Waals surface area contributed by atoms with Crippen molar-refractivity contribution in [1.82, 2.24) is 0 Å². The number of carbonyl (C=O) groups is 1. The lowest BCUT2D eigenvalue weighted by Gasteiger charge is -2.14. The molecule has 0 heterocycles. The minimum absolute atomic E-state index is 0.114. The molecule has 6 nitrogen and oxygen atoms in total. The second kappa shape index (κ2) is 6.38. The van der Waals surface area contributed by atoms with Crippen molar-refractivity contribution in [2.45, 2.75) is 26.3 Å². The summed E-state index contributed by atoms with van der Waals surface area (Å²) in [6.07, 6.45) is 0.316. The summed E-state index contributed by atoms with van der Waals surface area (Å²) < 4.78 is 26.7. The third-order valence-electron chi connectivity index (χ3n) is 2.58. The van der Waals surface area contributed by atoms with E-state index in [0.29, 0.717) is 12.5 Å². The molecule has 20 heavy (non-hydrogen) atoms. The fourth-order valence-electron chi connectivity index (χ4n) is 1.64. The molecule has 3 N–H and O–H groups in total. The van der Waals surface area contributed by atoms with E-state index in [1.807, 2.05) is 19.2 Å². The Balaban J connectivity index is 3.05. The summed E-state index contributed by atoms with van der Waals surface area (Å²) in [5, 5.41) is 12.7. The summed E-state index contributed by atoms with van der Waals surface area (Å²) >= 11 is 0. The van der Waals surface area contributed by atoms with E-state index >= 15 is 0 Å². The SMILES string of the molecule is CC(C)C[C@H](N)C(=O)Nc1c([N+](=O)[O-])ccc(F)c1F. The van der Waals surface area contributed by atoms with Gasteiger partial charge in [0, 0.05) is 6.07 Å². The number of hydrogen-bond donors (Lipinski definition) is 2. The maximum Gasteiger partial charge on any atom is 0.296 e. The molecule has 0 unspecified atom stereocenters. The molecule has 1 amide bonds. The predicted molar refractivity (Wildman–Crippen MR) is 69.1 cm³/mol. The summed E-state index contributed by atoms with van der Waals surface area (Å²) in [6.45, 7) is 3.66. The van der Waals surface area contributed by atoms with Gasteiger partial charge in [0.25, 0.3) is 5.69 Å². The number of nitro benzene ring substituents is 1. The Morgan fingerprint density at radius 3 is 2.55 bits per heavy atom. The van der Waals surface area contributed by atoms with Gasteiger partial charge >= 0.3 is 0 Å². The summed E-state index contributed by atoms with van der Waals surface area (Å²) in [5.74, 6) is -3.46. The highest BCUT2D eigenvalue weighted by Crippen LogP contribution is 2.29. The number of anilines is 1. The summed E-state index contributed by atoms with van der Waals surface area (Å²) in [5.41, 5.74) is 4.05. The molecule has 1 aromatic carbocycles. The molecule has 110 valence electrons. The first-order valence-corrected chi connectivity index (χ1v) is 5.92. The Labute approximate surface area is 114 Å². The normalized spacial score (nSPS) is 12.3. The maximum absolute atomic E-state index is 13.6. The highest BCUT2D eigenvalue weighted by Gasteiger charge is 2.25. The van der Waals surface area contributed by atoms with Crippen LogP contribution in [0.25, 0.3) is 0 Å². The van der Waals surface area contributed by atoms with Crippen LogP contribution in [0.2, 0.25) is 0 Å². The van der Waals surface area contributed by atoms with Gasteiger partial charge in [0.2, 0.25) is 5.91 Å². The van der Waals surface area contributed by atoms with E-state index < -0.39 is 39.9 Å². The van der Waals surface area contributed by atoms with Gasteiger partial charge in [-0.2, -0.15) is 0 Å². The molecular formula is C12H15F2N3O3. The number of nitro groups is 1. The fourth-order valence-corrected chi connectivity index (χ4v) is 1.64. The molecule has 0 radical (unpaired) electrons. The van der Waals surface area contributed by atoms with Crippen LogP contribution in [0.4, 0.5) is 20.2 Å². The van der Waals surface area contributed by atoms with Crippen LogP contribution >= 0.6 is 0 Å². The highest BCUT2D eigenvalue weighted by atomic mass is 19.2. The van der Waals surface area contributed by atoms with Crippen molar-refractivity contribution in [2.24, 2.45) is 11.7 Å². The predicted octanol–water partition coefficient (Wildman–Crippen LogP) is 2.18. The standard InChI is InChI=1S/C12H15F2N3O3/c1-6(2)5-8(15)12(18)16-11-9(17(19)20)4-3-7(13)10(11)14/h3-4,6,8H,5,15H2,1-2H3,(H,16,18)/t8-/m0/s1. The number of nitrogens with one attached hydrogen (secondary N) is 1. The van der Waals surface area contributed by atoms with Crippen LogP contribution in [0, 0.1) is 27.7 Å². The minimum atomic E-state index is -1.48. The van der Waals surface area contributed by atoms with Crippen LogP contribution in [0.15, 0.2) is 12.1 Å². The second-order valence-electron chi connectivity index (χ2n) is 4.74. The number of halogens is 2. The average Bonchev–Trinajstić information content (AvgIpc) is 2.33. The topological polar surface area (TPSA) is 98.3 Å². The molecule has 0 aromatic heterocycles. The third kappa shape index (κ3) is 3.70. The van der Waals surface area contributed by atoms with Crippen molar-refractivity contribution in [1.29, 1.82) is 0 Å². The molecule has 0 spiro atoms. The monoisotopic (exact) mass is 287 g/mol. The first-order chi connectivity index (χ1) is 9.23. The summed E-state index contributed by atoms with van der Waals surface area (Å²) in [6, 6.07) is 0.441. The van der Waals surface area contributed by atoms with E-state index in [1.165, 1.54) is 0 Å². The number of amides is 1. The van der Waals surface area contributed by atoms with Gasteiger partial charge in [0.05, 0.1) is 11.0 Å². The van der Waals surface area contributed by atoms with Crippen LogP contribution in [0.5, 0.6) is 0 Å². The number of nitrogens with two attached hydrogens (primary N) is 1. The Morgan fingerprint density at radius 2 is 2.05 bits per heavy atom. The van der Waals surface area contributed by atoms with Crippen LogP contribution in [0.1, 0.15) is 20.3 Å². The molecule has 0 bridgehead atoms. The van der Waals surface area contributed by atoms with Gasteiger partial charge < -0.3 is 11.1 Å². The van der Waals surface area contributed by atoms with Crippen molar-refractivity contribution in [3.8, 4) is 0 Å². The minimum Gasteiger partial charge on any atom is -0.320 e. The van der Waals surface area contributed by atoms with Crippen LogP contribution in [-0.4, -0.2) is 16.9 Å². The van der Waals surface area contributed by atoms with Crippen LogP contribution < -0.4 is 11.1 Å². The van der Waals surface area contributed by atoms with Gasteiger partial charge in [-0.05, 0) is 18.4 Å². The van der Waals surface area contributed by atoms with E-state index in [4.69, 9.17) is 5.73 Å². The zero-order valence-electron chi connectivity index (χ0n) is 11.0. The second-order valence-corrected chi connectivity index (χ2v) is 4.74. The molecular weight excluding hydrogens is 272 g/mol. The van der Waals surface area contributed by atoms with Crippen molar-refractivity contribution < 1.29 is 18.5 Å². The van der Waals surface area contributed by atoms with E-state index in [-0.39, 0.29) is 5.92 Å². The maximum atomic E-state index is 13.6. The highest BCUT2D eigenvalue weighted by molar-refractivity contribution is 5.96. The van der Waals surface area contributed by atoms with Gasteiger partial charge in [-0.1, -0.05) is 13.8 Å². The van der Waals surface area contributed by atoms with E-state index in [0.717, 1.165) is 6.07 Å². The van der Waals surface area contributed by atoms with Gasteiger partial charge in [-0.3, -0.25) is 14.9 Å². The molecule has 0 saturated carbocycles. The smallest absolute Gasteiger partial charge is 0.296 e. The molecule has 0 aliphatic heterocycles. The molecule has 1 atom stereocenters. The quantitative estimate of drug-likeness (QED) is 0.640. The van der Waals surface area contributed by atoms with Gasteiger partial charge in [0.15, 0.2) is 17.3 Å². The van der Waals surface area contributed by atoms with Crippen LogP contribution in [0.3, 0.4) is 0 Å². The molecule has 0 aliphatic carbocycles. The Morgan fingerprint density at radius 1 is 1.45 bits per heavy atom. The molecule has 1 rings (SSSR count). The van der Waals surface area contributed by atoms with Crippen molar-refractivity contribution in [3.63, 3.8) is 0 Å². The third-order valence-corrected chi connectivity index (χ3v) is 2.58. The summed E-state index contributed by atoms with van der Waals surface area (Å²) in [4.78, 5) is 21.6. The Bertz CT molecular complexity index is 535. The van der Waals surface area contributed by atoms with Gasteiger partial charge in [-0.25, -0.2) is 8.78 Å². The first-order valence-electron chi connectivity index (χ1n) is 5.92. The fraction of sp³-hybridized carbons (Fsp3) is 0.417. The van der Waals surface area contributed by atoms with Crippen molar-refractivity contribution in [2.75, 3.05) is 5.32 Å². The molecule has 8 heteroatoms. The number of carbonyl (C=O) groups excluding carboxylic acids is 1. The lowest BCUT2D eigenvalue weighted by Crippen LogP contribution is -2.37. The zero-order valence-corrected chi connectivity index (χ0v) is 11.0. The number of rotatable bonds is 5. The van der Waals surface area contributed by atoms with E-state index in [1.54, 1.807) is 0 Å². The lowest BCUT2D eigenvalue weighted by molar-refractivity contribution is -0.384. The molecule has 0 fully saturated rings. The first kappa shape index (κ1) is 16.0. The molecule has 0 saturated heterocycles. The van der Waals surface area contributed by atoms with Crippen molar-refractivity contribution >= 4 is 17.3 Å². The zero-order chi connectivity index (χ0) is 15.4. The largest absolute Gasteiger partial charge is 0.320 e. The number of benzene rings is 1. The lowest BCUT2D eigenvalue weighted by atomic mass is 10.0. The van der Waals surface area contributed by atoms with Gasteiger partial charge in [0.1, 0.15) is 0 Å². The molecule has 1 aromatic rings. The van der Waals surface area contributed by atoms with Crippen molar-refractivity contribution in [3.05, 3.63) is 33.9 Å². The van der Waals surface area contributed by atoms with Crippen LogP contribution in [-0.2, 0) is 4.79 Å². The van der Waals surface area contributed by atoms with Gasteiger partial charge in [-0.15, -0.1) is 0 Å². The Kier molecular flexibility index (Phi) is 5.09. The van der Waals surface area contributed by atoms with E-state index in [2.05, 4.69) is 0 Å². The average molecular weight is 287 g/mol. The van der Waals surface area contributed by atoms with E-state index in [9.17, 15) is 23.7 Å². The summed E-state index contributed by atoms with van der Waals surface area (Å²) in [7, 11) is 0. The number of nitrogens with zero attached hydrogens (tertiary/aromatic N) is 1.